The van der Waals surface area contributed by atoms with E-state index in [2.05, 4.69) is 20.0 Å². The maximum atomic E-state index is 12.5. The minimum absolute atomic E-state index is 0.0739. The Labute approximate surface area is 160 Å². The van der Waals surface area contributed by atoms with Gasteiger partial charge in [-0.15, -0.1) is 0 Å². The Morgan fingerprint density at radius 2 is 2.07 bits per heavy atom. The first-order chi connectivity index (χ1) is 13.2. The molecular weight excluding hydrogens is 370 g/mol. The summed E-state index contributed by atoms with van der Waals surface area (Å²) in [6.07, 6.45) is 5.56. The summed E-state index contributed by atoms with van der Waals surface area (Å²) in [5, 5.41) is 4.53. The van der Waals surface area contributed by atoms with Crippen LogP contribution in [0.3, 0.4) is 0 Å². The smallest absolute Gasteiger partial charge is 0.227 e. The van der Waals surface area contributed by atoms with E-state index in [9.17, 15) is 4.79 Å². The Bertz CT molecular complexity index is 903. The van der Waals surface area contributed by atoms with Crippen molar-refractivity contribution in [1.82, 2.24) is 20.0 Å². The highest BCUT2D eigenvalue weighted by atomic mass is 35.5. The minimum Gasteiger partial charge on any atom is -0.472 e. The molecule has 0 radical (unpaired) electrons. The summed E-state index contributed by atoms with van der Waals surface area (Å²) in [5.41, 5.74) is 0.751. The highest BCUT2D eigenvalue weighted by Gasteiger charge is 2.23. The first-order valence-corrected chi connectivity index (χ1v) is 9.07. The van der Waals surface area contributed by atoms with Crippen molar-refractivity contribution in [2.24, 2.45) is 0 Å². The van der Waals surface area contributed by atoms with Gasteiger partial charge in [0.05, 0.1) is 16.8 Å². The topological polar surface area (TPSA) is 88.5 Å². The molecular formula is C18H18ClN5O3. The van der Waals surface area contributed by atoms with Crippen LogP contribution in [0.25, 0.3) is 11.4 Å². The number of carbonyl (C=O) groups excluding carboxylic acids is 1. The number of hydrogen-bond donors (Lipinski definition) is 0. The molecule has 1 aliphatic rings. The van der Waals surface area contributed by atoms with E-state index in [0.29, 0.717) is 55.8 Å². The van der Waals surface area contributed by atoms with Crippen LogP contribution < -0.4 is 4.90 Å². The standard InChI is InChI=1S/C18H18ClN5O3/c19-14-2-1-6-20-18(14)24-9-7-23(8-10-24)16(25)4-3-15-21-17(22-27-15)13-5-11-26-12-13/h1-2,5-6,11-12H,3-4,7-10H2. The average molecular weight is 388 g/mol. The van der Waals surface area contributed by atoms with Gasteiger partial charge in [0.25, 0.3) is 0 Å². The minimum atomic E-state index is 0.0739. The maximum Gasteiger partial charge on any atom is 0.227 e. The lowest BCUT2D eigenvalue weighted by molar-refractivity contribution is -0.131. The van der Waals surface area contributed by atoms with E-state index in [0.717, 1.165) is 11.4 Å². The molecule has 27 heavy (non-hydrogen) atoms. The first kappa shape index (κ1) is 17.5. The lowest BCUT2D eigenvalue weighted by Gasteiger charge is -2.35. The van der Waals surface area contributed by atoms with Gasteiger partial charge in [0, 0.05) is 45.2 Å². The summed E-state index contributed by atoms with van der Waals surface area (Å²) in [5.74, 6) is 1.75. The molecule has 3 aromatic rings. The number of aryl methyl sites for hydroxylation is 1. The van der Waals surface area contributed by atoms with Crippen molar-refractivity contribution in [2.45, 2.75) is 12.8 Å². The molecule has 0 spiro atoms. The Morgan fingerprint density at radius 3 is 2.81 bits per heavy atom. The van der Waals surface area contributed by atoms with Crippen molar-refractivity contribution in [1.29, 1.82) is 0 Å². The van der Waals surface area contributed by atoms with E-state index in [1.54, 1.807) is 30.9 Å². The first-order valence-electron chi connectivity index (χ1n) is 8.69. The molecule has 9 heteroatoms. The van der Waals surface area contributed by atoms with Crippen molar-refractivity contribution in [3.8, 4) is 11.4 Å². The third-order valence-electron chi connectivity index (χ3n) is 4.47. The van der Waals surface area contributed by atoms with Gasteiger partial charge in [0.1, 0.15) is 12.1 Å². The summed E-state index contributed by atoms with van der Waals surface area (Å²) in [4.78, 5) is 25.0. The highest BCUT2D eigenvalue weighted by molar-refractivity contribution is 6.32. The molecule has 3 aromatic heterocycles. The van der Waals surface area contributed by atoms with Gasteiger partial charge in [-0.2, -0.15) is 4.98 Å². The maximum absolute atomic E-state index is 12.5. The molecule has 4 heterocycles. The summed E-state index contributed by atoms with van der Waals surface area (Å²) in [7, 11) is 0. The van der Waals surface area contributed by atoms with E-state index < -0.39 is 0 Å². The van der Waals surface area contributed by atoms with E-state index >= 15 is 0 Å². The molecule has 1 aliphatic heterocycles. The highest BCUT2D eigenvalue weighted by Crippen LogP contribution is 2.23. The molecule has 0 aromatic carbocycles. The number of carbonyl (C=O) groups is 1. The number of rotatable bonds is 5. The van der Waals surface area contributed by atoms with Crippen LogP contribution in [0.15, 0.2) is 45.9 Å². The third-order valence-corrected chi connectivity index (χ3v) is 4.77. The predicted molar refractivity (Wildman–Crippen MR) is 98.4 cm³/mol. The second-order valence-electron chi connectivity index (χ2n) is 6.20. The summed E-state index contributed by atoms with van der Waals surface area (Å²) in [6, 6.07) is 5.39. The van der Waals surface area contributed by atoms with Crippen molar-refractivity contribution in [3.63, 3.8) is 0 Å². The summed E-state index contributed by atoms with van der Waals surface area (Å²) < 4.78 is 10.2. The lowest BCUT2D eigenvalue weighted by atomic mass is 10.2. The number of anilines is 1. The normalized spacial score (nSPS) is 14.6. The van der Waals surface area contributed by atoms with E-state index in [4.69, 9.17) is 20.5 Å². The van der Waals surface area contributed by atoms with Crippen LogP contribution in [0.4, 0.5) is 5.82 Å². The number of pyridine rings is 1. The molecule has 0 bridgehead atoms. The quantitative estimate of drug-likeness (QED) is 0.664. The van der Waals surface area contributed by atoms with Crippen LogP contribution in [0.2, 0.25) is 5.02 Å². The van der Waals surface area contributed by atoms with Crippen molar-refractivity contribution in [2.75, 3.05) is 31.1 Å². The Morgan fingerprint density at radius 1 is 1.22 bits per heavy atom. The van der Waals surface area contributed by atoms with Crippen molar-refractivity contribution < 1.29 is 13.7 Å². The van der Waals surface area contributed by atoms with Crippen LogP contribution in [-0.2, 0) is 11.2 Å². The van der Waals surface area contributed by atoms with Crippen molar-refractivity contribution in [3.05, 3.63) is 47.8 Å². The van der Waals surface area contributed by atoms with Gasteiger partial charge in [-0.1, -0.05) is 16.8 Å². The molecule has 1 fully saturated rings. The molecule has 140 valence electrons. The second kappa shape index (κ2) is 7.79. The molecule has 8 nitrogen and oxygen atoms in total. The zero-order valence-corrected chi connectivity index (χ0v) is 15.3. The van der Waals surface area contributed by atoms with Gasteiger partial charge in [-0.3, -0.25) is 4.79 Å². The fraction of sp³-hybridized carbons (Fsp3) is 0.333. The third kappa shape index (κ3) is 3.95. The zero-order chi connectivity index (χ0) is 18.6. The molecule has 1 saturated heterocycles. The van der Waals surface area contributed by atoms with Crippen LogP contribution in [0, 0.1) is 0 Å². The Hall–Kier alpha value is -2.87. The average Bonchev–Trinajstić information content (AvgIpc) is 3.38. The number of hydrogen-bond acceptors (Lipinski definition) is 7. The molecule has 4 rings (SSSR count). The number of piperazine rings is 1. The molecule has 0 saturated carbocycles. The van der Waals surface area contributed by atoms with Crippen LogP contribution in [0.1, 0.15) is 12.3 Å². The summed E-state index contributed by atoms with van der Waals surface area (Å²) >= 11 is 6.20. The van der Waals surface area contributed by atoms with Crippen molar-refractivity contribution >= 4 is 23.3 Å². The van der Waals surface area contributed by atoms with Gasteiger partial charge in [-0.25, -0.2) is 4.98 Å². The number of halogens is 1. The van der Waals surface area contributed by atoms with Crippen LogP contribution in [-0.4, -0.2) is 52.1 Å². The predicted octanol–water partition coefficient (Wildman–Crippen LogP) is 2.66. The lowest BCUT2D eigenvalue weighted by Crippen LogP contribution is -2.49. The molecule has 0 unspecified atom stereocenters. The van der Waals surface area contributed by atoms with Gasteiger partial charge < -0.3 is 18.7 Å². The molecule has 0 N–H and O–H groups in total. The summed E-state index contributed by atoms with van der Waals surface area (Å²) in [6.45, 7) is 2.67. The van der Waals surface area contributed by atoms with Gasteiger partial charge in [0.15, 0.2) is 0 Å². The molecule has 0 atom stereocenters. The zero-order valence-electron chi connectivity index (χ0n) is 14.5. The SMILES string of the molecule is O=C(CCc1nc(-c2ccoc2)no1)N1CCN(c2ncccc2Cl)CC1. The van der Waals surface area contributed by atoms with Crippen LogP contribution in [0.5, 0.6) is 0 Å². The monoisotopic (exact) mass is 387 g/mol. The fourth-order valence-electron chi connectivity index (χ4n) is 3.02. The van der Waals surface area contributed by atoms with E-state index in [1.807, 2.05) is 11.0 Å². The second-order valence-corrected chi connectivity index (χ2v) is 6.61. The molecule has 1 amide bonds. The Balaban J connectivity index is 1.28. The van der Waals surface area contributed by atoms with E-state index in [-0.39, 0.29) is 5.91 Å². The Kier molecular flexibility index (Phi) is 5.06. The van der Waals surface area contributed by atoms with Gasteiger partial charge >= 0.3 is 0 Å². The number of nitrogens with zero attached hydrogens (tertiary/aromatic N) is 5. The van der Waals surface area contributed by atoms with Gasteiger partial charge in [-0.05, 0) is 18.2 Å². The van der Waals surface area contributed by atoms with E-state index in [1.165, 1.54) is 0 Å². The largest absolute Gasteiger partial charge is 0.472 e. The number of amides is 1. The molecule has 0 aliphatic carbocycles. The van der Waals surface area contributed by atoms with Crippen LogP contribution >= 0.6 is 11.6 Å². The number of aromatic nitrogens is 3. The number of furan rings is 1. The fourth-order valence-corrected chi connectivity index (χ4v) is 3.26. The van der Waals surface area contributed by atoms with Gasteiger partial charge in [0.2, 0.25) is 17.6 Å².